The van der Waals surface area contributed by atoms with Crippen LogP contribution in [0, 0.1) is 0 Å². The third-order valence-electron chi connectivity index (χ3n) is 2.23. The van der Waals surface area contributed by atoms with Crippen LogP contribution in [-0.4, -0.2) is 25.0 Å². The van der Waals surface area contributed by atoms with Gasteiger partial charge in [-0.25, -0.2) is 18.1 Å². The number of pyridine rings is 1. The van der Waals surface area contributed by atoms with Crippen LogP contribution < -0.4 is 10.0 Å². The summed E-state index contributed by atoms with van der Waals surface area (Å²) in [5.74, 6) is 0. The molecule has 0 aliphatic carbocycles. The molecular weight excluding hydrogens is 262 g/mol. The molecule has 0 saturated heterocycles. The van der Waals surface area contributed by atoms with Crippen LogP contribution in [0.25, 0.3) is 0 Å². The summed E-state index contributed by atoms with van der Waals surface area (Å²) in [6.07, 6.45) is 1.59. The van der Waals surface area contributed by atoms with Crippen molar-refractivity contribution in [1.29, 1.82) is 0 Å². The van der Waals surface area contributed by atoms with Crippen molar-refractivity contribution in [1.82, 2.24) is 15.0 Å². The van der Waals surface area contributed by atoms with Crippen LogP contribution in [0.2, 0.25) is 0 Å². The van der Waals surface area contributed by atoms with Gasteiger partial charge in [-0.3, -0.25) is 0 Å². The van der Waals surface area contributed by atoms with Gasteiger partial charge in [0.25, 0.3) is 10.0 Å². The van der Waals surface area contributed by atoms with Crippen molar-refractivity contribution >= 4 is 10.0 Å². The van der Waals surface area contributed by atoms with Crippen LogP contribution in [0.4, 0.5) is 0 Å². The Bertz CT molecular complexity index is 502. The first-order valence-corrected chi connectivity index (χ1v) is 7.81. The summed E-state index contributed by atoms with van der Waals surface area (Å²) < 4.78 is 26.6. The Morgan fingerprint density at radius 1 is 1.26 bits per heavy atom. The van der Waals surface area contributed by atoms with Crippen molar-refractivity contribution in [3.05, 3.63) is 23.9 Å². The number of aromatic nitrogens is 1. The number of nitrogens with one attached hydrogen (secondary N) is 2. The van der Waals surface area contributed by atoms with Gasteiger partial charge in [0.05, 0.1) is 0 Å². The second-order valence-electron chi connectivity index (χ2n) is 5.90. The van der Waals surface area contributed by atoms with Gasteiger partial charge in [-0.15, -0.1) is 0 Å². The Kier molecular flexibility index (Phi) is 5.06. The average molecular weight is 285 g/mol. The molecule has 0 aromatic carbocycles. The normalized spacial score (nSPS) is 12.9. The van der Waals surface area contributed by atoms with Gasteiger partial charge >= 0.3 is 0 Å². The van der Waals surface area contributed by atoms with E-state index in [4.69, 9.17) is 0 Å². The standard InChI is InChI=1S/C13H23N3O2S/c1-10(2)14-8-11-6-7-12(15-9-11)19(17,18)16-13(3,4)5/h6-7,9-10,14,16H,8H2,1-5H3. The summed E-state index contributed by atoms with van der Waals surface area (Å²) in [7, 11) is -3.55. The minimum atomic E-state index is -3.55. The third kappa shape index (κ3) is 5.67. The van der Waals surface area contributed by atoms with Crippen LogP contribution in [0.1, 0.15) is 40.2 Å². The molecule has 19 heavy (non-hydrogen) atoms. The highest BCUT2D eigenvalue weighted by atomic mass is 32.2. The Morgan fingerprint density at radius 3 is 2.32 bits per heavy atom. The lowest BCUT2D eigenvalue weighted by molar-refractivity contribution is 0.489. The van der Waals surface area contributed by atoms with E-state index in [-0.39, 0.29) is 5.03 Å². The molecule has 0 radical (unpaired) electrons. The Morgan fingerprint density at radius 2 is 1.89 bits per heavy atom. The number of hydrogen-bond donors (Lipinski definition) is 2. The zero-order valence-electron chi connectivity index (χ0n) is 12.2. The molecule has 0 bridgehead atoms. The summed E-state index contributed by atoms with van der Waals surface area (Å²) in [6, 6.07) is 3.69. The molecule has 1 heterocycles. The molecular formula is C13H23N3O2S. The van der Waals surface area contributed by atoms with E-state index >= 15 is 0 Å². The number of sulfonamides is 1. The number of nitrogens with zero attached hydrogens (tertiary/aromatic N) is 1. The van der Waals surface area contributed by atoms with Crippen LogP contribution in [-0.2, 0) is 16.6 Å². The maximum Gasteiger partial charge on any atom is 0.258 e. The molecule has 0 fully saturated rings. The zero-order chi connectivity index (χ0) is 14.7. The molecule has 108 valence electrons. The zero-order valence-corrected chi connectivity index (χ0v) is 13.0. The number of rotatable bonds is 5. The molecule has 1 aromatic rings. The predicted molar refractivity (Wildman–Crippen MR) is 76.3 cm³/mol. The lowest BCUT2D eigenvalue weighted by atomic mass is 10.1. The molecule has 0 amide bonds. The molecule has 0 aliphatic heterocycles. The van der Waals surface area contributed by atoms with Crippen molar-refractivity contribution < 1.29 is 8.42 Å². The van der Waals surface area contributed by atoms with Crippen LogP contribution in [0.5, 0.6) is 0 Å². The Labute approximate surface area is 115 Å². The Balaban J connectivity index is 2.81. The van der Waals surface area contributed by atoms with Gasteiger partial charge in [-0.2, -0.15) is 0 Å². The van der Waals surface area contributed by atoms with E-state index in [1.165, 1.54) is 6.07 Å². The lowest BCUT2D eigenvalue weighted by Gasteiger charge is -2.19. The predicted octanol–water partition coefficient (Wildman–Crippen LogP) is 1.66. The van der Waals surface area contributed by atoms with Gasteiger partial charge in [0.2, 0.25) is 0 Å². The molecule has 1 aromatic heterocycles. The van der Waals surface area contributed by atoms with E-state index in [2.05, 4.69) is 28.9 Å². The van der Waals surface area contributed by atoms with Gasteiger partial charge in [0.1, 0.15) is 0 Å². The number of hydrogen-bond acceptors (Lipinski definition) is 4. The van der Waals surface area contributed by atoms with Crippen molar-refractivity contribution in [2.45, 2.75) is 57.8 Å². The van der Waals surface area contributed by atoms with E-state index in [9.17, 15) is 8.42 Å². The van der Waals surface area contributed by atoms with E-state index in [0.29, 0.717) is 12.6 Å². The monoisotopic (exact) mass is 285 g/mol. The van der Waals surface area contributed by atoms with E-state index in [1.54, 1.807) is 33.0 Å². The quantitative estimate of drug-likeness (QED) is 0.863. The van der Waals surface area contributed by atoms with Gasteiger partial charge in [-0.05, 0) is 32.4 Å². The summed E-state index contributed by atoms with van der Waals surface area (Å²) in [6.45, 7) is 10.2. The smallest absolute Gasteiger partial charge is 0.258 e. The SMILES string of the molecule is CC(C)NCc1ccc(S(=O)(=O)NC(C)(C)C)nc1. The van der Waals surface area contributed by atoms with Crippen LogP contribution >= 0.6 is 0 Å². The molecule has 6 heteroatoms. The highest BCUT2D eigenvalue weighted by Gasteiger charge is 2.22. The molecule has 0 spiro atoms. The summed E-state index contributed by atoms with van der Waals surface area (Å²) in [4.78, 5) is 4.02. The molecule has 2 N–H and O–H groups in total. The second-order valence-corrected chi connectivity index (χ2v) is 7.53. The van der Waals surface area contributed by atoms with Crippen molar-refractivity contribution in [3.63, 3.8) is 0 Å². The second kappa shape index (κ2) is 5.98. The van der Waals surface area contributed by atoms with Gasteiger partial charge in [0.15, 0.2) is 5.03 Å². The summed E-state index contributed by atoms with van der Waals surface area (Å²) in [5, 5.41) is 3.30. The lowest BCUT2D eigenvalue weighted by Crippen LogP contribution is -2.40. The maximum atomic E-state index is 12.0. The molecule has 1 rings (SSSR count). The van der Waals surface area contributed by atoms with Gasteiger partial charge < -0.3 is 5.32 Å². The summed E-state index contributed by atoms with van der Waals surface area (Å²) >= 11 is 0. The molecule has 0 saturated carbocycles. The molecule has 0 unspecified atom stereocenters. The molecule has 0 aliphatic rings. The van der Waals surface area contributed by atoms with E-state index in [0.717, 1.165) is 5.56 Å². The van der Waals surface area contributed by atoms with Gasteiger partial charge in [-0.1, -0.05) is 19.9 Å². The fourth-order valence-electron chi connectivity index (χ4n) is 1.45. The highest BCUT2D eigenvalue weighted by molar-refractivity contribution is 7.89. The molecule has 5 nitrogen and oxygen atoms in total. The van der Waals surface area contributed by atoms with Gasteiger partial charge in [0, 0.05) is 24.3 Å². The fraction of sp³-hybridized carbons (Fsp3) is 0.615. The minimum Gasteiger partial charge on any atom is -0.310 e. The van der Waals surface area contributed by atoms with Crippen molar-refractivity contribution in [2.24, 2.45) is 0 Å². The largest absolute Gasteiger partial charge is 0.310 e. The topological polar surface area (TPSA) is 71.1 Å². The first kappa shape index (κ1) is 16.1. The first-order valence-electron chi connectivity index (χ1n) is 6.32. The third-order valence-corrected chi connectivity index (χ3v) is 3.90. The summed E-state index contributed by atoms with van der Waals surface area (Å²) in [5.41, 5.74) is 0.446. The van der Waals surface area contributed by atoms with E-state index < -0.39 is 15.6 Å². The maximum absolute atomic E-state index is 12.0. The van der Waals surface area contributed by atoms with Crippen molar-refractivity contribution in [3.8, 4) is 0 Å². The molecule has 0 atom stereocenters. The highest BCUT2D eigenvalue weighted by Crippen LogP contribution is 2.11. The first-order chi connectivity index (χ1) is 8.60. The van der Waals surface area contributed by atoms with Crippen LogP contribution in [0.3, 0.4) is 0 Å². The average Bonchev–Trinajstić information content (AvgIpc) is 2.23. The van der Waals surface area contributed by atoms with Crippen LogP contribution in [0.15, 0.2) is 23.4 Å². The Hall–Kier alpha value is -0.980. The van der Waals surface area contributed by atoms with Crippen molar-refractivity contribution in [2.75, 3.05) is 0 Å². The minimum absolute atomic E-state index is 0.0516. The fourth-order valence-corrected chi connectivity index (χ4v) is 2.80. The van der Waals surface area contributed by atoms with E-state index in [1.807, 2.05) is 0 Å².